The SMILES string of the molecule is O=C1Cc2cc(C(Br)c3ccc(Cl)c(Br)c3)ccc2N1. The normalized spacial score (nSPS) is 14.8. The first kappa shape index (κ1) is 14.1. The Hall–Kier alpha value is -0.840. The molecule has 1 N–H and O–H groups in total. The second-order valence-electron chi connectivity index (χ2n) is 4.68. The maximum atomic E-state index is 11.4. The number of rotatable bonds is 2. The van der Waals surface area contributed by atoms with Gasteiger partial charge in [0.25, 0.3) is 0 Å². The third-order valence-electron chi connectivity index (χ3n) is 3.28. The molecule has 1 heterocycles. The third kappa shape index (κ3) is 2.65. The van der Waals surface area contributed by atoms with Crippen molar-refractivity contribution < 1.29 is 4.79 Å². The molecular weight excluding hydrogens is 405 g/mol. The summed E-state index contributed by atoms with van der Waals surface area (Å²) in [7, 11) is 0. The molecule has 0 spiro atoms. The van der Waals surface area contributed by atoms with Crippen LogP contribution in [0.15, 0.2) is 40.9 Å². The van der Waals surface area contributed by atoms with Crippen molar-refractivity contribution in [3.8, 4) is 0 Å². The van der Waals surface area contributed by atoms with Gasteiger partial charge in [-0.05, 0) is 50.8 Å². The number of benzene rings is 2. The Balaban J connectivity index is 1.94. The van der Waals surface area contributed by atoms with Crippen molar-refractivity contribution in [3.63, 3.8) is 0 Å². The molecule has 102 valence electrons. The molecule has 0 fully saturated rings. The first-order chi connectivity index (χ1) is 9.54. The minimum atomic E-state index is 0.0532. The highest BCUT2D eigenvalue weighted by molar-refractivity contribution is 9.10. The van der Waals surface area contributed by atoms with Crippen LogP contribution in [-0.4, -0.2) is 5.91 Å². The predicted molar refractivity (Wildman–Crippen MR) is 88.7 cm³/mol. The van der Waals surface area contributed by atoms with Crippen molar-refractivity contribution in [1.29, 1.82) is 0 Å². The summed E-state index contributed by atoms with van der Waals surface area (Å²) in [5.74, 6) is 0.0532. The Morgan fingerprint density at radius 2 is 1.85 bits per heavy atom. The Morgan fingerprint density at radius 1 is 1.15 bits per heavy atom. The van der Waals surface area contributed by atoms with Gasteiger partial charge in [0.2, 0.25) is 5.91 Å². The summed E-state index contributed by atoms with van der Waals surface area (Å²) in [6.07, 6.45) is 0.452. The van der Waals surface area contributed by atoms with E-state index in [2.05, 4.69) is 43.2 Å². The Morgan fingerprint density at radius 3 is 2.60 bits per heavy atom. The van der Waals surface area contributed by atoms with Crippen LogP contribution in [0.3, 0.4) is 0 Å². The van der Waals surface area contributed by atoms with Gasteiger partial charge in [0.15, 0.2) is 0 Å². The van der Waals surface area contributed by atoms with E-state index in [4.69, 9.17) is 11.6 Å². The van der Waals surface area contributed by atoms with Crippen LogP contribution in [0.5, 0.6) is 0 Å². The number of amides is 1. The molecule has 1 atom stereocenters. The van der Waals surface area contributed by atoms with E-state index >= 15 is 0 Å². The monoisotopic (exact) mass is 413 g/mol. The van der Waals surface area contributed by atoms with E-state index in [-0.39, 0.29) is 10.7 Å². The van der Waals surface area contributed by atoms with E-state index in [0.29, 0.717) is 11.4 Å². The van der Waals surface area contributed by atoms with Crippen LogP contribution in [0, 0.1) is 0 Å². The number of carbonyl (C=O) groups is 1. The van der Waals surface area contributed by atoms with Gasteiger partial charge in [-0.15, -0.1) is 0 Å². The van der Waals surface area contributed by atoms with Gasteiger partial charge in [0, 0.05) is 10.2 Å². The van der Waals surface area contributed by atoms with E-state index < -0.39 is 0 Å². The highest BCUT2D eigenvalue weighted by Gasteiger charge is 2.20. The van der Waals surface area contributed by atoms with Gasteiger partial charge in [-0.3, -0.25) is 4.79 Å². The fourth-order valence-corrected chi connectivity index (χ4v) is 3.35. The number of fused-ring (bicyclic) bond motifs is 1. The van der Waals surface area contributed by atoms with E-state index in [0.717, 1.165) is 26.9 Å². The highest BCUT2D eigenvalue weighted by Crippen LogP contribution is 2.36. The van der Waals surface area contributed by atoms with Gasteiger partial charge >= 0.3 is 0 Å². The van der Waals surface area contributed by atoms with E-state index in [9.17, 15) is 4.79 Å². The number of carbonyl (C=O) groups excluding carboxylic acids is 1. The van der Waals surface area contributed by atoms with E-state index in [1.165, 1.54) is 0 Å². The van der Waals surface area contributed by atoms with Crippen molar-refractivity contribution in [3.05, 3.63) is 62.6 Å². The lowest BCUT2D eigenvalue weighted by molar-refractivity contribution is -0.115. The largest absolute Gasteiger partial charge is 0.326 e. The predicted octanol–water partition coefficient (Wildman–Crippen LogP) is 5.08. The molecule has 0 aromatic heterocycles. The van der Waals surface area contributed by atoms with Crippen LogP contribution in [-0.2, 0) is 11.2 Å². The molecule has 2 aromatic rings. The summed E-state index contributed by atoms with van der Waals surface area (Å²) >= 11 is 13.2. The standard InChI is InChI=1S/C15H10Br2ClNO/c16-11-6-9(1-3-12(11)18)15(17)8-2-4-13-10(5-8)7-14(20)19-13/h1-6,15H,7H2,(H,19,20). The molecule has 0 radical (unpaired) electrons. The molecule has 5 heteroatoms. The minimum absolute atomic E-state index is 0.0532. The Labute approximate surface area is 138 Å². The summed E-state index contributed by atoms with van der Waals surface area (Å²) in [5.41, 5.74) is 4.19. The van der Waals surface area contributed by atoms with Gasteiger partial charge in [-0.1, -0.05) is 45.7 Å². The fourth-order valence-electron chi connectivity index (χ4n) is 2.27. The molecule has 0 aliphatic carbocycles. The Kier molecular flexibility index (Phi) is 3.89. The summed E-state index contributed by atoms with van der Waals surface area (Å²) in [5, 5.41) is 3.53. The molecule has 3 rings (SSSR count). The number of alkyl halides is 1. The quantitative estimate of drug-likeness (QED) is 0.681. The Bertz CT molecular complexity index is 702. The van der Waals surface area contributed by atoms with Crippen LogP contribution in [0.25, 0.3) is 0 Å². The average Bonchev–Trinajstić information content (AvgIpc) is 2.80. The van der Waals surface area contributed by atoms with Gasteiger partial charge < -0.3 is 5.32 Å². The van der Waals surface area contributed by atoms with E-state index in [1.54, 1.807) is 0 Å². The zero-order valence-electron chi connectivity index (χ0n) is 10.3. The van der Waals surface area contributed by atoms with Crippen LogP contribution in [0.1, 0.15) is 21.5 Å². The highest BCUT2D eigenvalue weighted by atomic mass is 79.9. The number of nitrogens with one attached hydrogen (secondary N) is 1. The number of halogens is 3. The molecule has 0 bridgehead atoms. The molecule has 1 aliphatic rings. The van der Waals surface area contributed by atoms with Crippen LogP contribution in [0.4, 0.5) is 5.69 Å². The fraction of sp³-hybridized carbons (Fsp3) is 0.133. The number of anilines is 1. The zero-order valence-corrected chi connectivity index (χ0v) is 14.2. The smallest absolute Gasteiger partial charge is 0.228 e. The third-order valence-corrected chi connectivity index (χ3v) is 5.55. The van der Waals surface area contributed by atoms with Gasteiger partial charge in [0.1, 0.15) is 0 Å². The summed E-state index contributed by atoms with van der Waals surface area (Å²) < 4.78 is 0.874. The van der Waals surface area contributed by atoms with Crippen molar-refractivity contribution >= 4 is 55.1 Å². The average molecular weight is 416 g/mol. The van der Waals surface area contributed by atoms with Crippen molar-refractivity contribution in [2.45, 2.75) is 11.2 Å². The number of hydrogen-bond donors (Lipinski definition) is 1. The molecule has 0 saturated carbocycles. The van der Waals surface area contributed by atoms with Crippen LogP contribution >= 0.6 is 43.5 Å². The van der Waals surface area contributed by atoms with Crippen LogP contribution < -0.4 is 5.32 Å². The topological polar surface area (TPSA) is 29.1 Å². The first-order valence-corrected chi connectivity index (χ1v) is 8.15. The van der Waals surface area contributed by atoms with Crippen molar-refractivity contribution in [1.82, 2.24) is 0 Å². The maximum Gasteiger partial charge on any atom is 0.228 e. The summed E-state index contributed by atoms with van der Waals surface area (Å²) in [6, 6.07) is 11.9. The lowest BCUT2D eigenvalue weighted by Gasteiger charge is -2.13. The second kappa shape index (κ2) is 5.51. The molecule has 20 heavy (non-hydrogen) atoms. The molecule has 1 aliphatic heterocycles. The van der Waals surface area contributed by atoms with Crippen molar-refractivity contribution in [2.24, 2.45) is 0 Å². The second-order valence-corrected chi connectivity index (χ2v) is 6.85. The first-order valence-electron chi connectivity index (χ1n) is 6.06. The summed E-state index contributed by atoms with van der Waals surface area (Å²) in [4.78, 5) is 11.5. The lowest BCUT2D eigenvalue weighted by Crippen LogP contribution is -2.03. The maximum absolute atomic E-state index is 11.4. The zero-order chi connectivity index (χ0) is 14.3. The molecule has 0 saturated heterocycles. The minimum Gasteiger partial charge on any atom is -0.326 e. The van der Waals surface area contributed by atoms with Gasteiger partial charge in [-0.25, -0.2) is 0 Å². The number of hydrogen-bond acceptors (Lipinski definition) is 1. The van der Waals surface area contributed by atoms with Crippen LogP contribution in [0.2, 0.25) is 5.02 Å². The lowest BCUT2D eigenvalue weighted by atomic mass is 10.0. The van der Waals surface area contributed by atoms with E-state index in [1.807, 2.05) is 30.3 Å². The molecule has 2 nitrogen and oxygen atoms in total. The molecule has 2 aromatic carbocycles. The van der Waals surface area contributed by atoms with Crippen molar-refractivity contribution in [2.75, 3.05) is 5.32 Å². The molecular formula is C15H10Br2ClNO. The van der Waals surface area contributed by atoms with Gasteiger partial charge in [0.05, 0.1) is 16.3 Å². The molecule has 1 unspecified atom stereocenters. The summed E-state index contributed by atoms with van der Waals surface area (Å²) in [6.45, 7) is 0. The van der Waals surface area contributed by atoms with Gasteiger partial charge in [-0.2, -0.15) is 0 Å². The molecule has 1 amide bonds.